The van der Waals surface area contributed by atoms with Gasteiger partial charge >= 0.3 is 0 Å². The number of rotatable bonds is 5. The van der Waals surface area contributed by atoms with E-state index in [1.807, 2.05) is 42.6 Å². The standard InChI is InChI=1S/C24H27ClN4OS/c1-14(2)28-15(3)12-18(16(28)4)23-22(20-8-6-7-11-26-20)27-24(31)29(23)17-9-10-21(30-5)19(25)13-17/h6-14,22-23H,1-5H3,(H,27,31)/t22-,23-/m1/s1. The Bertz CT molecular complexity index is 1110. The highest BCUT2D eigenvalue weighted by molar-refractivity contribution is 7.80. The Morgan fingerprint density at radius 3 is 2.52 bits per heavy atom. The van der Waals surface area contributed by atoms with Crippen molar-refractivity contribution >= 4 is 34.6 Å². The number of hydrogen-bond acceptors (Lipinski definition) is 3. The predicted molar refractivity (Wildman–Crippen MR) is 130 cm³/mol. The van der Waals surface area contributed by atoms with Gasteiger partial charge in [0.1, 0.15) is 5.75 Å². The van der Waals surface area contributed by atoms with Crippen LogP contribution in [0.25, 0.3) is 0 Å². The molecule has 5 nitrogen and oxygen atoms in total. The molecule has 1 N–H and O–H groups in total. The normalized spacial score (nSPS) is 18.5. The Morgan fingerprint density at radius 1 is 1.16 bits per heavy atom. The van der Waals surface area contributed by atoms with E-state index in [-0.39, 0.29) is 12.1 Å². The highest BCUT2D eigenvalue weighted by Crippen LogP contribution is 2.44. The molecule has 3 heterocycles. The predicted octanol–water partition coefficient (Wildman–Crippen LogP) is 5.92. The van der Waals surface area contributed by atoms with E-state index in [9.17, 15) is 0 Å². The topological polar surface area (TPSA) is 42.3 Å². The quantitative estimate of drug-likeness (QED) is 0.484. The number of ether oxygens (including phenoxy) is 1. The van der Waals surface area contributed by atoms with Gasteiger partial charge in [-0.15, -0.1) is 0 Å². The maximum Gasteiger partial charge on any atom is 0.174 e. The lowest BCUT2D eigenvalue weighted by atomic mass is 9.96. The van der Waals surface area contributed by atoms with E-state index in [1.54, 1.807) is 7.11 Å². The number of aromatic nitrogens is 2. The van der Waals surface area contributed by atoms with Crippen molar-refractivity contribution in [3.8, 4) is 5.75 Å². The van der Waals surface area contributed by atoms with Crippen LogP contribution in [0.1, 0.15) is 54.6 Å². The van der Waals surface area contributed by atoms with E-state index in [1.165, 1.54) is 17.0 Å². The first kappa shape index (κ1) is 21.7. The molecule has 0 spiro atoms. The van der Waals surface area contributed by atoms with E-state index in [2.05, 4.69) is 53.5 Å². The van der Waals surface area contributed by atoms with Crippen molar-refractivity contribution in [1.82, 2.24) is 14.9 Å². The maximum atomic E-state index is 6.47. The summed E-state index contributed by atoms with van der Waals surface area (Å²) in [4.78, 5) is 6.78. The summed E-state index contributed by atoms with van der Waals surface area (Å²) in [7, 11) is 1.61. The molecule has 162 valence electrons. The Labute approximate surface area is 194 Å². The second kappa shape index (κ2) is 8.52. The zero-order chi connectivity index (χ0) is 22.3. The Morgan fingerprint density at radius 2 is 1.94 bits per heavy atom. The van der Waals surface area contributed by atoms with Crippen molar-refractivity contribution in [3.63, 3.8) is 0 Å². The molecule has 0 amide bonds. The molecule has 0 unspecified atom stereocenters. The lowest BCUT2D eigenvalue weighted by Crippen LogP contribution is -2.29. The number of aryl methyl sites for hydroxylation is 1. The summed E-state index contributed by atoms with van der Waals surface area (Å²) in [5, 5.41) is 4.71. The molecule has 4 rings (SSSR count). The summed E-state index contributed by atoms with van der Waals surface area (Å²) in [5.41, 5.74) is 5.55. The van der Waals surface area contributed by atoms with Gasteiger partial charge in [-0.25, -0.2) is 0 Å². The molecule has 0 saturated carbocycles. The average Bonchev–Trinajstić information content (AvgIpc) is 3.24. The fourth-order valence-electron chi connectivity index (χ4n) is 4.65. The van der Waals surface area contributed by atoms with Gasteiger partial charge in [0, 0.05) is 29.3 Å². The lowest BCUT2D eigenvalue weighted by molar-refractivity contribution is 0.415. The minimum Gasteiger partial charge on any atom is -0.495 e. The Hall–Kier alpha value is -2.57. The highest BCUT2D eigenvalue weighted by Gasteiger charge is 2.42. The first-order valence-electron chi connectivity index (χ1n) is 10.4. The third-order valence-corrected chi connectivity index (χ3v) is 6.48. The van der Waals surface area contributed by atoms with E-state index < -0.39 is 0 Å². The molecule has 0 aliphatic carbocycles. The zero-order valence-electron chi connectivity index (χ0n) is 18.4. The Balaban J connectivity index is 1.89. The smallest absolute Gasteiger partial charge is 0.174 e. The van der Waals surface area contributed by atoms with E-state index in [0.29, 0.717) is 21.9 Å². The fourth-order valence-corrected chi connectivity index (χ4v) is 5.25. The SMILES string of the molecule is COc1ccc(N2C(=S)N[C@H](c3ccccn3)[C@H]2c2cc(C)n(C(C)C)c2C)cc1Cl. The number of thiocarbonyl (C=S) groups is 1. The number of nitrogens with one attached hydrogen (secondary N) is 1. The van der Waals surface area contributed by atoms with Crippen molar-refractivity contribution in [2.24, 2.45) is 0 Å². The van der Waals surface area contributed by atoms with Crippen molar-refractivity contribution in [2.75, 3.05) is 12.0 Å². The summed E-state index contributed by atoms with van der Waals surface area (Å²) < 4.78 is 7.71. The molecule has 1 aliphatic rings. The minimum atomic E-state index is -0.0873. The number of hydrogen-bond donors (Lipinski definition) is 1. The van der Waals surface area contributed by atoms with Gasteiger partial charge in [-0.3, -0.25) is 4.98 Å². The van der Waals surface area contributed by atoms with Gasteiger partial charge in [-0.05, 0) is 81.9 Å². The summed E-state index contributed by atoms with van der Waals surface area (Å²) in [6.07, 6.45) is 1.82. The van der Waals surface area contributed by atoms with E-state index in [0.717, 1.165) is 11.4 Å². The molecule has 1 aliphatic heterocycles. The molecule has 3 aromatic rings. The number of halogens is 1. The van der Waals surface area contributed by atoms with Gasteiger partial charge in [0.15, 0.2) is 5.11 Å². The summed E-state index contributed by atoms with van der Waals surface area (Å²) in [6, 6.07) is 14.2. The molecule has 0 radical (unpaired) electrons. The largest absolute Gasteiger partial charge is 0.495 e. The van der Waals surface area contributed by atoms with E-state index >= 15 is 0 Å². The molecule has 2 atom stereocenters. The Kier molecular flexibility index (Phi) is 5.95. The third kappa shape index (κ3) is 3.79. The molecule has 0 bridgehead atoms. The number of pyridine rings is 1. The molecule has 7 heteroatoms. The molecule has 31 heavy (non-hydrogen) atoms. The van der Waals surface area contributed by atoms with Crippen LogP contribution in [-0.2, 0) is 0 Å². The number of methoxy groups -OCH3 is 1. The monoisotopic (exact) mass is 454 g/mol. The van der Waals surface area contributed by atoms with Crippen LogP contribution in [-0.4, -0.2) is 21.8 Å². The second-order valence-corrected chi connectivity index (χ2v) is 8.90. The van der Waals surface area contributed by atoms with Crippen LogP contribution in [0.15, 0.2) is 48.7 Å². The fraction of sp³-hybridized carbons (Fsp3) is 0.333. The molecule has 1 saturated heterocycles. The van der Waals surface area contributed by atoms with Gasteiger partial charge in [0.25, 0.3) is 0 Å². The molecule has 1 fully saturated rings. The van der Waals surface area contributed by atoms with Crippen molar-refractivity contribution < 1.29 is 4.74 Å². The molecular weight excluding hydrogens is 428 g/mol. The molecular formula is C24H27ClN4OS. The van der Waals surface area contributed by atoms with Gasteiger partial charge in [0.2, 0.25) is 0 Å². The summed E-state index contributed by atoms with van der Waals surface area (Å²) in [6.45, 7) is 8.75. The van der Waals surface area contributed by atoms with E-state index in [4.69, 9.17) is 28.6 Å². The highest BCUT2D eigenvalue weighted by atomic mass is 35.5. The first-order chi connectivity index (χ1) is 14.8. The van der Waals surface area contributed by atoms with Crippen molar-refractivity contribution in [2.45, 2.75) is 45.8 Å². The van der Waals surface area contributed by atoms with Crippen molar-refractivity contribution in [3.05, 3.63) is 76.3 Å². The van der Waals surface area contributed by atoms with Gasteiger partial charge < -0.3 is 19.5 Å². The first-order valence-corrected chi connectivity index (χ1v) is 11.1. The molecule has 2 aromatic heterocycles. The van der Waals surface area contributed by atoms with Crippen LogP contribution in [0, 0.1) is 13.8 Å². The van der Waals surface area contributed by atoms with Gasteiger partial charge in [-0.1, -0.05) is 17.7 Å². The van der Waals surface area contributed by atoms with Crippen LogP contribution in [0.5, 0.6) is 5.75 Å². The number of benzene rings is 1. The number of anilines is 1. The van der Waals surface area contributed by atoms with Crippen LogP contribution >= 0.6 is 23.8 Å². The van der Waals surface area contributed by atoms with Gasteiger partial charge in [0.05, 0.1) is 29.9 Å². The van der Waals surface area contributed by atoms with Gasteiger partial charge in [-0.2, -0.15) is 0 Å². The van der Waals surface area contributed by atoms with Crippen molar-refractivity contribution in [1.29, 1.82) is 0 Å². The summed E-state index contributed by atoms with van der Waals surface area (Å²) in [5.74, 6) is 0.638. The zero-order valence-corrected chi connectivity index (χ0v) is 20.0. The second-order valence-electron chi connectivity index (χ2n) is 8.11. The third-order valence-electron chi connectivity index (χ3n) is 5.87. The van der Waals surface area contributed by atoms with Crippen LogP contribution < -0.4 is 15.0 Å². The number of nitrogens with zero attached hydrogens (tertiary/aromatic N) is 3. The minimum absolute atomic E-state index is 0.0643. The molecule has 1 aromatic carbocycles. The average molecular weight is 455 g/mol. The lowest BCUT2D eigenvalue weighted by Gasteiger charge is -2.28. The summed E-state index contributed by atoms with van der Waals surface area (Å²) >= 11 is 12.3. The maximum absolute atomic E-state index is 6.47. The van der Waals surface area contributed by atoms with Crippen LogP contribution in [0.3, 0.4) is 0 Å². The van der Waals surface area contributed by atoms with Crippen LogP contribution in [0.4, 0.5) is 5.69 Å². The van der Waals surface area contributed by atoms with Crippen LogP contribution in [0.2, 0.25) is 5.02 Å².